The van der Waals surface area contributed by atoms with Gasteiger partial charge in [-0.1, -0.05) is 0 Å². The van der Waals surface area contributed by atoms with Crippen LogP contribution in [0.25, 0.3) is 0 Å². The Morgan fingerprint density at radius 3 is 2.68 bits per heavy atom. The fraction of sp³-hybridized carbons (Fsp3) is 0.727. The molecular weight excluding hydrogens is 298 g/mol. The van der Waals surface area contributed by atoms with E-state index in [1.54, 1.807) is 0 Å². The van der Waals surface area contributed by atoms with Gasteiger partial charge in [-0.15, -0.1) is 0 Å². The predicted molar refractivity (Wildman–Crippen MR) is 70.0 cm³/mol. The summed E-state index contributed by atoms with van der Waals surface area (Å²) in [6, 6.07) is 0. The lowest BCUT2D eigenvalue weighted by Crippen LogP contribution is -2.81. The lowest BCUT2D eigenvalue weighted by Gasteiger charge is -2.52. The average Bonchev–Trinajstić information content (AvgIpc) is 3.01. The molecule has 2 rings (SSSR count). The number of nitrogens with zero attached hydrogens (tertiary/aromatic N) is 2. The van der Waals surface area contributed by atoms with Crippen LogP contribution in [-0.4, -0.2) is 84.4 Å². The number of H-pyrrole nitrogens is 1. The first-order valence-electron chi connectivity index (χ1n) is 6.54. The minimum absolute atomic E-state index is 0.211. The van der Waals surface area contributed by atoms with Gasteiger partial charge in [0, 0.05) is 6.54 Å². The van der Waals surface area contributed by atoms with Gasteiger partial charge in [-0.05, 0) is 0 Å². The molecule has 5 atom stereocenters. The van der Waals surface area contributed by atoms with Crippen LogP contribution in [0.3, 0.4) is 0 Å². The monoisotopic (exact) mass is 317 g/mol. The third kappa shape index (κ3) is 2.42. The smallest absolute Gasteiger partial charge is 0.249 e. The maximum Gasteiger partial charge on any atom is 0.249 e. The Labute approximate surface area is 124 Å². The average molecular weight is 317 g/mol. The van der Waals surface area contributed by atoms with E-state index in [1.807, 2.05) is 0 Å². The van der Waals surface area contributed by atoms with Crippen LogP contribution < -0.4 is 11.5 Å². The number of aliphatic hydroxyl groups excluding tert-OH is 3. The number of ether oxygens (including phenoxy) is 1. The molecule has 0 amide bonds. The van der Waals surface area contributed by atoms with Crippen molar-refractivity contribution in [2.45, 2.75) is 36.1 Å². The van der Waals surface area contributed by atoms with Crippen LogP contribution in [0, 0.1) is 0 Å². The van der Waals surface area contributed by atoms with Gasteiger partial charge < -0.3 is 36.6 Å². The van der Waals surface area contributed by atoms with Gasteiger partial charge in [0.25, 0.3) is 0 Å². The number of nitrogens with one attached hydrogen (secondary N) is 1. The van der Waals surface area contributed by atoms with Gasteiger partial charge in [0.1, 0.15) is 23.9 Å². The molecule has 0 saturated carbocycles. The summed E-state index contributed by atoms with van der Waals surface area (Å²) in [6.45, 7) is -1.29. The number of nitrogens with two attached hydrogens (primary N) is 2. The summed E-state index contributed by atoms with van der Waals surface area (Å²) in [5.41, 5.74) is 9.40. The van der Waals surface area contributed by atoms with Gasteiger partial charge in [0.15, 0.2) is 5.78 Å². The van der Waals surface area contributed by atoms with E-state index in [2.05, 4.69) is 15.4 Å². The molecule has 22 heavy (non-hydrogen) atoms. The largest absolute Gasteiger partial charge is 0.394 e. The van der Waals surface area contributed by atoms with Crippen LogP contribution in [0.15, 0.2) is 6.20 Å². The number of aromatic nitrogens is 3. The third-order valence-electron chi connectivity index (χ3n) is 3.89. The SMILES string of the molecule is NC[C@@]1(N)[C@@H](O)[C@@H](O)[C@@H](CO)OC1(O)C(=O)Cc1cn[nH]n1. The molecule has 11 heteroatoms. The van der Waals surface area contributed by atoms with Crippen LogP contribution in [0.5, 0.6) is 0 Å². The summed E-state index contributed by atoms with van der Waals surface area (Å²) >= 11 is 0. The molecule has 1 fully saturated rings. The summed E-state index contributed by atoms with van der Waals surface area (Å²) in [5.74, 6) is -3.63. The molecule has 1 aliphatic heterocycles. The fourth-order valence-electron chi connectivity index (χ4n) is 2.43. The highest BCUT2D eigenvalue weighted by Crippen LogP contribution is 2.35. The maximum atomic E-state index is 12.4. The van der Waals surface area contributed by atoms with Crippen molar-refractivity contribution in [3.63, 3.8) is 0 Å². The van der Waals surface area contributed by atoms with Gasteiger partial charge >= 0.3 is 0 Å². The highest BCUT2D eigenvalue weighted by atomic mass is 16.7. The second-order valence-electron chi connectivity index (χ2n) is 5.22. The first-order valence-corrected chi connectivity index (χ1v) is 6.54. The quantitative estimate of drug-likeness (QED) is 0.277. The molecular formula is C11H19N5O6. The Morgan fingerprint density at radius 1 is 1.50 bits per heavy atom. The molecule has 9 N–H and O–H groups in total. The van der Waals surface area contributed by atoms with Crippen molar-refractivity contribution in [3.05, 3.63) is 11.9 Å². The predicted octanol–water partition coefficient (Wildman–Crippen LogP) is -4.63. The molecule has 1 aromatic heterocycles. The Bertz CT molecular complexity index is 527. The molecule has 1 saturated heterocycles. The standard InChI is InChI=1S/C11H19N5O6/c12-4-10(13)9(20)8(19)6(3-17)22-11(10,21)7(18)1-5-2-14-16-15-5/h2,6,8-9,17,19-21H,1,3-4,12-13H2,(H,14,15,16)/t6-,8+,9+,10-,11?/m1/s1. The first-order chi connectivity index (χ1) is 10.3. The van der Waals surface area contributed by atoms with Gasteiger partial charge in [0.2, 0.25) is 5.79 Å². The number of carbonyl (C=O) groups is 1. The van der Waals surface area contributed by atoms with Crippen molar-refractivity contribution >= 4 is 5.78 Å². The maximum absolute atomic E-state index is 12.4. The summed E-state index contributed by atoms with van der Waals surface area (Å²) in [7, 11) is 0. The van der Waals surface area contributed by atoms with E-state index < -0.39 is 55.0 Å². The zero-order valence-corrected chi connectivity index (χ0v) is 11.6. The van der Waals surface area contributed by atoms with Crippen molar-refractivity contribution in [1.82, 2.24) is 15.4 Å². The van der Waals surface area contributed by atoms with E-state index in [-0.39, 0.29) is 5.69 Å². The van der Waals surface area contributed by atoms with Gasteiger partial charge in [-0.25, -0.2) is 0 Å². The van der Waals surface area contributed by atoms with Gasteiger partial charge in [-0.2, -0.15) is 15.4 Å². The van der Waals surface area contributed by atoms with Crippen molar-refractivity contribution in [1.29, 1.82) is 0 Å². The Morgan fingerprint density at radius 2 is 2.18 bits per heavy atom. The molecule has 1 aliphatic rings. The van der Waals surface area contributed by atoms with Crippen LogP contribution in [0.1, 0.15) is 5.69 Å². The van der Waals surface area contributed by atoms with E-state index in [1.165, 1.54) is 6.20 Å². The fourth-order valence-corrected chi connectivity index (χ4v) is 2.43. The van der Waals surface area contributed by atoms with Crippen LogP contribution >= 0.6 is 0 Å². The number of carbonyl (C=O) groups excluding carboxylic acids is 1. The van der Waals surface area contributed by atoms with Gasteiger partial charge in [0.05, 0.1) is 24.9 Å². The summed E-state index contributed by atoms with van der Waals surface area (Å²) < 4.78 is 5.11. The molecule has 1 aromatic rings. The zero-order chi connectivity index (χ0) is 16.5. The van der Waals surface area contributed by atoms with Crippen molar-refractivity contribution in [2.75, 3.05) is 13.2 Å². The number of rotatable bonds is 5. The van der Waals surface area contributed by atoms with Crippen molar-refractivity contribution in [3.8, 4) is 0 Å². The second kappa shape index (κ2) is 5.96. The minimum Gasteiger partial charge on any atom is -0.394 e. The number of hydrogen-bond acceptors (Lipinski definition) is 10. The molecule has 1 unspecified atom stereocenters. The Balaban J connectivity index is 2.36. The lowest BCUT2D eigenvalue weighted by atomic mass is 9.75. The Kier molecular flexibility index (Phi) is 4.58. The number of aliphatic hydroxyl groups is 4. The van der Waals surface area contributed by atoms with E-state index in [0.29, 0.717) is 0 Å². The molecule has 0 aromatic carbocycles. The number of Topliss-reactive ketones (excluding diaryl/α,β-unsaturated/α-hetero) is 1. The minimum atomic E-state index is -2.70. The highest BCUT2D eigenvalue weighted by Gasteiger charge is 2.64. The summed E-state index contributed by atoms with van der Waals surface area (Å²) in [6.07, 6.45) is -3.93. The molecule has 0 radical (unpaired) electrons. The second-order valence-corrected chi connectivity index (χ2v) is 5.22. The van der Waals surface area contributed by atoms with E-state index in [0.717, 1.165) is 0 Å². The van der Waals surface area contributed by atoms with Crippen LogP contribution in [0.4, 0.5) is 0 Å². The molecule has 2 heterocycles. The molecule has 0 bridgehead atoms. The molecule has 124 valence electrons. The number of ketones is 1. The zero-order valence-electron chi connectivity index (χ0n) is 11.6. The highest BCUT2D eigenvalue weighted by molar-refractivity contribution is 5.89. The third-order valence-corrected chi connectivity index (χ3v) is 3.89. The molecule has 0 aliphatic carbocycles. The number of hydrogen-bond donors (Lipinski definition) is 7. The number of aromatic amines is 1. The van der Waals surface area contributed by atoms with E-state index in [9.17, 15) is 25.2 Å². The lowest BCUT2D eigenvalue weighted by molar-refractivity contribution is -0.321. The first kappa shape index (κ1) is 16.9. The van der Waals surface area contributed by atoms with E-state index in [4.69, 9.17) is 16.2 Å². The normalized spacial score (nSPS) is 38.9. The van der Waals surface area contributed by atoms with Crippen LogP contribution in [-0.2, 0) is 16.0 Å². The van der Waals surface area contributed by atoms with Crippen molar-refractivity contribution in [2.24, 2.45) is 11.5 Å². The molecule has 11 nitrogen and oxygen atoms in total. The molecule has 0 spiro atoms. The summed E-state index contributed by atoms with van der Waals surface area (Å²) in [5, 5.41) is 49.3. The van der Waals surface area contributed by atoms with Gasteiger partial charge in [-0.3, -0.25) is 4.79 Å². The Hall–Kier alpha value is -1.47. The topological polar surface area (TPSA) is 201 Å². The summed E-state index contributed by atoms with van der Waals surface area (Å²) in [4.78, 5) is 12.4. The van der Waals surface area contributed by atoms with Crippen molar-refractivity contribution < 1.29 is 30.0 Å². The van der Waals surface area contributed by atoms with E-state index >= 15 is 0 Å². The van der Waals surface area contributed by atoms with Crippen LogP contribution in [0.2, 0.25) is 0 Å².